The van der Waals surface area contributed by atoms with Gasteiger partial charge in [0.15, 0.2) is 0 Å². The molecule has 1 unspecified atom stereocenters. The van der Waals surface area contributed by atoms with Crippen molar-refractivity contribution < 1.29 is 0 Å². The number of hydrogen-bond acceptors (Lipinski definition) is 0. The Morgan fingerprint density at radius 3 is 2.55 bits per heavy atom. The van der Waals surface area contributed by atoms with E-state index in [1.165, 1.54) is 53.1 Å². The molecule has 0 radical (unpaired) electrons. The number of halogens is 1. The molecule has 1 aromatic heterocycles. The first-order valence-electron chi connectivity index (χ1n) is 7.47. The summed E-state index contributed by atoms with van der Waals surface area (Å²) >= 11 is 6.72. The van der Waals surface area contributed by atoms with Gasteiger partial charge in [0.25, 0.3) is 0 Å². The number of fused-ring (bicyclic) bond motifs is 3. The number of nitrogens with one attached hydrogen (secondary N) is 1. The average Bonchev–Trinajstić information content (AvgIpc) is 3.13. The van der Waals surface area contributed by atoms with Crippen molar-refractivity contribution in [3.8, 4) is 0 Å². The molecule has 0 spiro atoms. The predicted octanol–water partition coefficient (Wildman–Crippen LogP) is 5.79. The van der Waals surface area contributed by atoms with Crippen LogP contribution in [-0.4, -0.2) is 4.98 Å². The van der Waals surface area contributed by atoms with Crippen molar-refractivity contribution in [2.45, 2.75) is 31.1 Å². The van der Waals surface area contributed by atoms with Crippen molar-refractivity contribution in [3.63, 3.8) is 0 Å². The zero-order valence-corrected chi connectivity index (χ0v) is 12.2. The molecule has 20 heavy (non-hydrogen) atoms. The second-order valence-electron chi connectivity index (χ2n) is 5.92. The SMILES string of the molecule is ClC(c1ccc2[nH]c3ccccc3c2c1)C1CCCC1. The third kappa shape index (κ3) is 1.92. The minimum absolute atomic E-state index is 0.163. The number of hydrogen-bond donors (Lipinski definition) is 1. The smallest absolute Gasteiger partial charge is 0.0613 e. The molecule has 0 bridgehead atoms. The standard InChI is InChI=1S/C18H18ClN/c19-18(12-5-1-2-6-12)13-9-10-17-15(11-13)14-7-3-4-8-16(14)20-17/h3-4,7-12,18,20H,1-2,5-6H2. The molecule has 2 aromatic carbocycles. The van der Waals surface area contributed by atoms with Gasteiger partial charge in [0.1, 0.15) is 0 Å². The van der Waals surface area contributed by atoms with Gasteiger partial charge < -0.3 is 4.98 Å². The first kappa shape index (κ1) is 12.3. The fourth-order valence-corrected chi connectivity index (χ4v) is 3.95. The molecule has 1 nitrogen and oxygen atoms in total. The van der Waals surface area contributed by atoms with Crippen molar-refractivity contribution in [3.05, 3.63) is 48.0 Å². The highest BCUT2D eigenvalue weighted by Crippen LogP contribution is 2.41. The number of para-hydroxylation sites is 1. The maximum absolute atomic E-state index is 6.72. The van der Waals surface area contributed by atoms with Crippen LogP contribution in [0.25, 0.3) is 21.8 Å². The second kappa shape index (κ2) is 4.82. The number of H-pyrrole nitrogens is 1. The Labute approximate surface area is 123 Å². The molecule has 1 atom stereocenters. The summed E-state index contributed by atoms with van der Waals surface area (Å²) in [6, 6.07) is 15.1. The monoisotopic (exact) mass is 283 g/mol. The van der Waals surface area contributed by atoms with Crippen LogP contribution in [0.3, 0.4) is 0 Å². The summed E-state index contributed by atoms with van der Waals surface area (Å²) in [6.07, 6.45) is 5.23. The lowest BCUT2D eigenvalue weighted by Gasteiger charge is -2.17. The van der Waals surface area contributed by atoms with Crippen LogP contribution in [0.4, 0.5) is 0 Å². The molecule has 1 aliphatic carbocycles. The molecule has 0 saturated heterocycles. The molecule has 1 saturated carbocycles. The molecule has 1 aliphatic rings. The molecule has 1 N–H and O–H groups in total. The molecule has 3 aromatic rings. The van der Waals surface area contributed by atoms with Crippen molar-refractivity contribution in [2.75, 3.05) is 0 Å². The topological polar surface area (TPSA) is 15.8 Å². The number of aromatic nitrogens is 1. The van der Waals surface area contributed by atoms with E-state index in [0.717, 1.165) is 0 Å². The predicted molar refractivity (Wildman–Crippen MR) is 86.4 cm³/mol. The van der Waals surface area contributed by atoms with Gasteiger partial charge in [-0.3, -0.25) is 0 Å². The average molecular weight is 284 g/mol. The lowest BCUT2D eigenvalue weighted by Crippen LogP contribution is -2.03. The highest BCUT2D eigenvalue weighted by molar-refractivity contribution is 6.21. The van der Waals surface area contributed by atoms with Gasteiger partial charge in [-0.15, -0.1) is 11.6 Å². The highest BCUT2D eigenvalue weighted by atomic mass is 35.5. The maximum Gasteiger partial charge on any atom is 0.0613 e. The van der Waals surface area contributed by atoms with Gasteiger partial charge in [0.2, 0.25) is 0 Å². The van der Waals surface area contributed by atoms with Gasteiger partial charge in [0.05, 0.1) is 5.38 Å². The Morgan fingerprint density at radius 1 is 0.950 bits per heavy atom. The van der Waals surface area contributed by atoms with E-state index < -0.39 is 0 Å². The van der Waals surface area contributed by atoms with Crippen LogP contribution in [0.15, 0.2) is 42.5 Å². The van der Waals surface area contributed by atoms with E-state index in [0.29, 0.717) is 5.92 Å². The summed E-state index contributed by atoms with van der Waals surface area (Å²) < 4.78 is 0. The molecule has 1 heterocycles. The van der Waals surface area contributed by atoms with Crippen molar-refractivity contribution in [1.29, 1.82) is 0 Å². The van der Waals surface area contributed by atoms with Crippen LogP contribution in [0.5, 0.6) is 0 Å². The summed E-state index contributed by atoms with van der Waals surface area (Å²) in [4.78, 5) is 3.47. The molecule has 1 fully saturated rings. The van der Waals surface area contributed by atoms with E-state index in [2.05, 4.69) is 47.4 Å². The maximum atomic E-state index is 6.72. The minimum atomic E-state index is 0.163. The largest absolute Gasteiger partial charge is 0.355 e. The van der Waals surface area contributed by atoms with Gasteiger partial charge >= 0.3 is 0 Å². The summed E-state index contributed by atoms with van der Waals surface area (Å²) in [5, 5.41) is 2.75. The van der Waals surface area contributed by atoms with Crippen LogP contribution in [0.2, 0.25) is 0 Å². The summed E-state index contributed by atoms with van der Waals surface area (Å²) in [5.41, 5.74) is 3.67. The summed E-state index contributed by atoms with van der Waals surface area (Å²) in [7, 11) is 0. The van der Waals surface area contributed by atoms with Crippen LogP contribution >= 0.6 is 11.6 Å². The van der Waals surface area contributed by atoms with Gasteiger partial charge in [-0.1, -0.05) is 37.1 Å². The van der Waals surface area contributed by atoms with E-state index in [1.54, 1.807) is 0 Å². The lowest BCUT2D eigenvalue weighted by molar-refractivity contribution is 0.529. The Hall–Kier alpha value is -1.47. The van der Waals surface area contributed by atoms with E-state index in [-0.39, 0.29) is 5.38 Å². The van der Waals surface area contributed by atoms with E-state index in [1.807, 2.05) is 0 Å². The number of benzene rings is 2. The summed E-state index contributed by atoms with van der Waals surface area (Å²) in [6.45, 7) is 0. The van der Waals surface area contributed by atoms with Gasteiger partial charge in [-0.25, -0.2) is 0 Å². The molecule has 0 aliphatic heterocycles. The molecule has 102 valence electrons. The first-order valence-corrected chi connectivity index (χ1v) is 7.91. The highest BCUT2D eigenvalue weighted by Gasteiger charge is 2.24. The van der Waals surface area contributed by atoms with Crippen molar-refractivity contribution in [1.82, 2.24) is 4.98 Å². The summed E-state index contributed by atoms with van der Waals surface area (Å²) in [5.74, 6) is 0.652. The Bertz CT molecular complexity index is 752. The number of alkyl halides is 1. The second-order valence-corrected chi connectivity index (χ2v) is 6.39. The number of aromatic amines is 1. The third-order valence-electron chi connectivity index (χ3n) is 4.66. The van der Waals surface area contributed by atoms with Crippen LogP contribution in [0.1, 0.15) is 36.6 Å². The molecule has 0 amide bonds. The Balaban J connectivity index is 1.82. The molecule has 2 heteroatoms. The zero-order chi connectivity index (χ0) is 13.5. The van der Waals surface area contributed by atoms with E-state index >= 15 is 0 Å². The third-order valence-corrected chi connectivity index (χ3v) is 5.27. The fourth-order valence-electron chi connectivity index (χ4n) is 3.56. The fraction of sp³-hybridized carbons (Fsp3) is 0.333. The molecule has 4 rings (SSSR count). The van der Waals surface area contributed by atoms with Crippen LogP contribution in [-0.2, 0) is 0 Å². The Morgan fingerprint density at radius 2 is 1.70 bits per heavy atom. The first-order chi connectivity index (χ1) is 9.83. The van der Waals surface area contributed by atoms with Crippen LogP contribution < -0.4 is 0 Å². The lowest BCUT2D eigenvalue weighted by atomic mass is 9.96. The molecular weight excluding hydrogens is 266 g/mol. The van der Waals surface area contributed by atoms with E-state index in [9.17, 15) is 0 Å². The van der Waals surface area contributed by atoms with E-state index in [4.69, 9.17) is 11.6 Å². The number of rotatable bonds is 2. The van der Waals surface area contributed by atoms with Gasteiger partial charge in [-0.2, -0.15) is 0 Å². The quantitative estimate of drug-likeness (QED) is 0.573. The van der Waals surface area contributed by atoms with Crippen molar-refractivity contribution >= 4 is 33.4 Å². The van der Waals surface area contributed by atoms with Gasteiger partial charge in [-0.05, 0) is 42.5 Å². The Kier molecular flexibility index (Phi) is 2.96. The van der Waals surface area contributed by atoms with Crippen molar-refractivity contribution in [2.24, 2.45) is 5.92 Å². The minimum Gasteiger partial charge on any atom is -0.355 e. The van der Waals surface area contributed by atoms with Gasteiger partial charge in [0, 0.05) is 21.8 Å². The van der Waals surface area contributed by atoms with Crippen LogP contribution in [0, 0.1) is 5.92 Å². The molecular formula is C18H18ClN. The zero-order valence-electron chi connectivity index (χ0n) is 11.4. The normalized spacial score (nSPS) is 18.1.